The zero-order valence-electron chi connectivity index (χ0n) is 8.60. The molecule has 0 aromatic carbocycles. The van der Waals surface area contributed by atoms with Gasteiger partial charge in [-0.15, -0.1) is 6.58 Å². The van der Waals surface area contributed by atoms with E-state index in [2.05, 4.69) is 6.58 Å². The lowest BCUT2D eigenvalue weighted by molar-refractivity contribution is 0.341. The first-order chi connectivity index (χ1) is 6.85. The maximum Gasteiger partial charge on any atom is 0.0612 e. The van der Waals surface area contributed by atoms with E-state index in [9.17, 15) is 0 Å². The Hall–Kier alpha value is -0.860. The Morgan fingerprint density at radius 2 is 1.64 bits per heavy atom. The van der Waals surface area contributed by atoms with Gasteiger partial charge < -0.3 is 10.2 Å². The molecule has 1 unspecified atom stereocenters. The van der Waals surface area contributed by atoms with Gasteiger partial charge >= 0.3 is 0 Å². The molecule has 0 amide bonds. The normalized spacial score (nSPS) is 13.9. The standard InChI is InChI=1S/C12H20O2/c1-2-12(9-5-7-11-14)8-4-3-6-10-13/h2-3,5-7,12-14H,1,4,8-11H2/b6-3-,7-5+. The molecule has 2 N–H and O–H groups in total. The molecule has 0 saturated carbocycles. The molecular weight excluding hydrogens is 176 g/mol. The number of rotatable bonds is 8. The Morgan fingerprint density at radius 3 is 2.21 bits per heavy atom. The maximum absolute atomic E-state index is 8.55. The van der Waals surface area contributed by atoms with Crippen LogP contribution in [0.25, 0.3) is 0 Å². The number of hydrogen-bond donors (Lipinski definition) is 2. The average molecular weight is 196 g/mol. The van der Waals surface area contributed by atoms with Crippen LogP contribution in [-0.4, -0.2) is 23.4 Å². The van der Waals surface area contributed by atoms with Crippen molar-refractivity contribution in [1.82, 2.24) is 0 Å². The molecule has 14 heavy (non-hydrogen) atoms. The lowest BCUT2D eigenvalue weighted by Gasteiger charge is -2.07. The topological polar surface area (TPSA) is 40.5 Å². The third-order valence-electron chi connectivity index (χ3n) is 2.02. The first-order valence-electron chi connectivity index (χ1n) is 4.99. The Kier molecular flexibility index (Phi) is 9.59. The zero-order chi connectivity index (χ0) is 10.6. The van der Waals surface area contributed by atoms with Gasteiger partial charge in [-0.3, -0.25) is 0 Å². The smallest absolute Gasteiger partial charge is 0.0612 e. The van der Waals surface area contributed by atoms with E-state index in [0.29, 0.717) is 5.92 Å². The summed E-state index contributed by atoms with van der Waals surface area (Å²) in [5, 5.41) is 17.1. The quantitative estimate of drug-likeness (QED) is 0.583. The van der Waals surface area contributed by atoms with Gasteiger partial charge in [0.25, 0.3) is 0 Å². The SMILES string of the molecule is C=CC(C/C=C/CO)CC/C=C\CO. The molecule has 80 valence electrons. The summed E-state index contributed by atoms with van der Waals surface area (Å²) in [7, 11) is 0. The summed E-state index contributed by atoms with van der Waals surface area (Å²) in [6.07, 6.45) is 12.3. The Bertz CT molecular complexity index is 183. The van der Waals surface area contributed by atoms with E-state index < -0.39 is 0 Å². The molecule has 0 aromatic rings. The van der Waals surface area contributed by atoms with Gasteiger partial charge in [0.2, 0.25) is 0 Å². The van der Waals surface area contributed by atoms with Crippen LogP contribution in [0.15, 0.2) is 37.0 Å². The molecule has 0 aliphatic carbocycles. The summed E-state index contributed by atoms with van der Waals surface area (Å²) in [4.78, 5) is 0. The highest BCUT2D eigenvalue weighted by atomic mass is 16.3. The van der Waals surface area contributed by atoms with E-state index in [-0.39, 0.29) is 13.2 Å². The molecule has 0 rings (SSSR count). The number of aliphatic hydroxyl groups excluding tert-OH is 2. The summed E-state index contributed by atoms with van der Waals surface area (Å²) < 4.78 is 0. The van der Waals surface area contributed by atoms with Crippen molar-refractivity contribution in [2.45, 2.75) is 19.3 Å². The molecule has 1 atom stereocenters. The van der Waals surface area contributed by atoms with Crippen LogP contribution in [0.2, 0.25) is 0 Å². The van der Waals surface area contributed by atoms with Crippen LogP contribution in [0.5, 0.6) is 0 Å². The average Bonchev–Trinajstić information content (AvgIpc) is 2.22. The van der Waals surface area contributed by atoms with Crippen molar-refractivity contribution in [3.63, 3.8) is 0 Å². The minimum absolute atomic E-state index is 0.105. The van der Waals surface area contributed by atoms with Gasteiger partial charge in [-0.25, -0.2) is 0 Å². The van der Waals surface area contributed by atoms with E-state index in [4.69, 9.17) is 10.2 Å². The second-order valence-electron chi connectivity index (χ2n) is 3.12. The lowest BCUT2D eigenvalue weighted by atomic mass is 9.99. The van der Waals surface area contributed by atoms with Crippen LogP contribution in [0.3, 0.4) is 0 Å². The van der Waals surface area contributed by atoms with Gasteiger partial charge in [-0.1, -0.05) is 30.4 Å². The van der Waals surface area contributed by atoms with Crippen LogP contribution in [0.1, 0.15) is 19.3 Å². The molecule has 0 bridgehead atoms. The summed E-state index contributed by atoms with van der Waals surface area (Å²) in [6.45, 7) is 3.99. The van der Waals surface area contributed by atoms with Crippen molar-refractivity contribution in [3.8, 4) is 0 Å². The van der Waals surface area contributed by atoms with Crippen molar-refractivity contribution in [1.29, 1.82) is 0 Å². The molecule has 0 aromatic heterocycles. The van der Waals surface area contributed by atoms with E-state index in [1.807, 2.05) is 18.2 Å². The van der Waals surface area contributed by atoms with E-state index in [1.165, 1.54) is 0 Å². The summed E-state index contributed by atoms with van der Waals surface area (Å²) in [6, 6.07) is 0. The fourth-order valence-corrected chi connectivity index (χ4v) is 1.18. The van der Waals surface area contributed by atoms with Crippen molar-refractivity contribution in [3.05, 3.63) is 37.0 Å². The van der Waals surface area contributed by atoms with Gasteiger partial charge in [0.05, 0.1) is 13.2 Å². The predicted molar refractivity (Wildman–Crippen MR) is 60.0 cm³/mol. The molecular formula is C12H20O2. The number of aliphatic hydroxyl groups is 2. The molecule has 0 saturated heterocycles. The summed E-state index contributed by atoms with van der Waals surface area (Å²) in [5.74, 6) is 0.459. The summed E-state index contributed by atoms with van der Waals surface area (Å²) in [5.41, 5.74) is 0. The molecule has 0 aliphatic rings. The van der Waals surface area contributed by atoms with Crippen molar-refractivity contribution < 1.29 is 10.2 Å². The lowest BCUT2D eigenvalue weighted by Crippen LogP contribution is -1.93. The van der Waals surface area contributed by atoms with Crippen molar-refractivity contribution in [2.24, 2.45) is 5.92 Å². The first kappa shape index (κ1) is 13.1. The molecule has 0 aliphatic heterocycles. The summed E-state index contributed by atoms with van der Waals surface area (Å²) >= 11 is 0. The fourth-order valence-electron chi connectivity index (χ4n) is 1.18. The molecule has 0 radical (unpaired) electrons. The van der Waals surface area contributed by atoms with Crippen LogP contribution < -0.4 is 0 Å². The van der Waals surface area contributed by atoms with E-state index in [1.54, 1.807) is 12.2 Å². The second kappa shape index (κ2) is 10.2. The Labute approximate surface area is 86.3 Å². The minimum atomic E-state index is 0.105. The molecule has 0 fully saturated rings. The van der Waals surface area contributed by atoms with Crippen molar-refractivity contribution >= 4 is 0 Å². The van der Waals surface area contributed by atoms with Crippen LogP contribution in [0, 0.1) is 5.92 Å². The molecule has 2 nitrogen and oxygen atoms in total. The predicted octanol–water partition coefficient (Wildman–Crippen LogP) is 2.06. The number of hydrogen-bond acceptors (Lipinski definition) is 2. The molecule has 0 spiro atoms. The third-order valence-corrected chi connectivity index (χ3v) is 2.02. The van der Waals surface area contributed by atoms with Crippen LogP contribution in [-0.2, 0) is 0 Å². The number of allylic oxidation sites excluding steroid dienone is 3. The van der Waals surface area contributed by atoms with E-state index >= 15 is 0 Å². The van der Waals surface area contributed by atoms with Crippen LogP contribution >= 0.6 is 0 Å². The van der Waals surface area contributed by atoms with Crippen molar-refractivity contribution in [2.75, 3.05) is 13.2 Å². The highest BCUT2D eigenvalue weighted by Gasteiger charge is 1.99. The monoisotopic (exact) mass is 196 g/mol. The van der Waals surface area contributed by atoms with Gasteiger partial charge in [-0.2, -0.15) is 0 Å². The van der Waals surface area contributed by atoms with Gasteiger partial charge in [0.1, 0.15) is 0 Å². The fraction of sp³-hybridized carbons (Fsp3) is 0.500. The maximum atomic E-state index is 8.55. The van der Waals surface area contributed by atoms with E-state index in [0.717, 1.165) is 19.3 Å². The third kappa shape index (κ3) is 7.77. The Balaban J connectivity index is 3.62. The largest absolute Gasteiger partial charge is 0.392 e. The first-order valence-corrected chi connectivity index (χ1v) is 4.99. The molecule has 2 heteroatoms. The molecule has 0 heterocycles. The second-order valence-corrected chi connectivity index (χ2v) is 3.12. The highest BCUT2D eigenvalue weighted by molar-refractivity contribution is 4.91. The van der Waals surface area contributed by atoms with Crippen LogP contribution in [0.4, 0.5) is 0 Å². The minimum Gasteiger partial charge on any atom is -0.392 e. The van der Waals surface area contributed by atoms with Gasteiger partial charge in [-0.05, 0) is 25.2 Å². The van der Waals surface area contributed by atoms with Gasteiger partial charge in [0.15, 0.2) is 0 Å². The zero-order valence-corrected chi connectivity index (χ0v) is 8.60. The van der Waals surface area contributed by atoms with Gasteiger partial charge in [0, 0.05) is 0 Å². The Morgan fingerprint density at radius 1 is 1.00 bits per heavy atom. The highest BCUT2D eigenvalue weighted by Crippen LogP contribution is 2.13.